The second kappa shape index (κ2) is 11.1. The highest BCUT2D eigenvalue weighted by atomic mass is 79.9. The van der Waals surface area contributed by atoms with Gasteiger partial charge in [-0.3, -0.25) is 0 Å². The quantitative estimate of drug-likeness (QED) is 0.440. The van der Waals surface area contributed by atoms with Gasteiger partial charge in [0.15, 0.2) is 0 Å². The van der Waals surface area contributed by atoms with Crippen molar-refractivity contribution in [1.82, 2.24) is 10.6 Å². The highest BCUT2D eigenvalue weighted by Crippen LogP contribution is 2.29. The molecule has 0 heterocycles. The number of ether oxygens (including phenoxy) is 1. The summed E-state index contributed by atoms with van der Waals surface area (Å²) in [6.07, 6.45) is -3.70. The van der Waals surface area contributed by atoms with Gasteiger partial charge in [-0.05, 0) is 62.4 Å². The molecule has 0 fully saturated rings. The van der Waals surface area contributed by atoms with Crippen molar-refractivity contribution in [2.45, 2.75) is 26.1 Å². The van der Waals surface area contributed by atoms with Gasteiger partial charge >= 0.3 is 12.2 Å². The van der Waals surface area contributed by atoms with E-state index in [0.717, 1.165) is 27.9 Å². The number of rotatable bonds is 9. The van der Waals surface area contributed by atoms with Crippen molar-refractivity contribution >= 4 is 27.6 Å². The first-order valence-electron chi connectivity index (χ1n) is 9.13. The van der Waals surface area contributed by atoms with Crippen LogP contribution in [0.25, 0.3) is 0 Å². The molecule has 2 aromatic rings. The van der Waals surface area contributed by atoms with Gasteiger partial charge in [0.1, 0.15) is 5.75 Å². The Morgan fingerprint density at radius 2 is 1.83 bits per heavy atom. The molecule has 0 aromatic heterocycles. The fourth-order valence-corrected chi connectivity index (χ4v) is 2.95. The van der Waals surface area contributed by atoms with E-state index in [4.69, 9.17) is 4.74 Å². The lowest BCUT2D eigenvalue weighted by Gasteiger charge is -2.12. The molecule has 0 aliphatic carbocycles. The van der Waals surface area contributed by atoms with E-state index in [1.807, 2.05) is 25.1 Å². The summed E-state index contributed by atoms with van der Waals surface area (Å²) >= 11 is 3.44. The monoisotopic (exact) mass is 473 g/mol. The maximum atomic E-state index is 12.5. The van der Waals surface area contributed by atoms with E-state index in [0.29, 0.717) is 38.3 Å². The summed E-state index contributed by atoms with van der Waals surface area (Å²) in [7, 11) is 0. The van der Waals surface area contributed by atoms with E-state index < -0.39 is 17.8 Å². The van der Waals surface area contributed by atoms with Crippen LogP contribution in [0.3, 0.4) is 0 Å². The van der Waals surface area contributed by atoms with Crippen molar-refractivity contribution in [3.05, 3.63) is 58.1 Å². The first-order chi connectivity index (χ1) is 13.8. The molecule has 158 valence electrons. The number of anilines is 1. The molecule has 0 aliphatic rings. The minimum atomic E-state index is -4.40. The molecule has 0 saturated carbocycles. The SMILES string of the molecule is CCOc1ccc(Br)cc1CNCCCNC(=O)Nc1ccc(C(F)(F)F)cc1. The Kier molecular flexibility index (Phi) is 8.78. The molecule has 5 nitrogen and oxygen atoms in total. The fraction of sp³-hybridized carbons (Fsp3) is 0.350. The topological polar surface area (TPSA) is 62.4 Å². The number of amides is 2. The molecule has 0 atom stereocenters. The molecule has 0 saturated heterocycles. The van der Waals surface area contributed by atoms with Crippen LogP contribution >= 0.6 is 15.9 Å². The smallest absolute Gasteiger partial charge is 0.416 e. The zero-order valence-corrected chi connectivity index (χ0v) is 17.5. The maximum absolute atomic E-state index is 12.5. The number of alkyl halides is 3. The van der Waals surface area contributed by atoms with Crippen molar-refractivity contribution in [2.75, 3.05) is 25.0 Å². The third-order valence-electron chi connectivity index (χ3n) is 3.92. The zero-order valence-electron chi connectivity index (χ0n) is 15.9. The average Bonchev–Trinajstić information content (AvgIpc) is 2.66. The van der Waals surface area contributed by atoms with E-state index in [1.54, 1.807) is 0 Å². The van der Waals surface area contributed by atoms with Gasteiger partial charge in [0, 0.05) is 28.8 Å². The van der Waals surface area contributed by atoms with Crippen LogP contribution in [-0.4, -0.2) is 25.7 Å². The molecule has 3 N–H and O–H groups in total. The Balaban J connectivity index is 1.67. The molecule has 0 aliphatic heterocycles. The van der Waals surface area contributed by atoms with E-state index in [-0.39, 0.29) is 0 Å². The third-order valence-corrected chi connectivity index (χ3v) is 4.42. The minimum Gasteiger partial charge on any atom is -0.494 e. The maximum Gasteiger partial charge on any atom is 0.416 e. The first kappa shape index (κ1) is 23.0. The van der Waals surface area contributed by atoms with Gasteiger partial charge in [-0.1, -0.05) is 15.9 Å². The summed E-state index contributed by atoms with van der Waals surface area (Å²) in [5, 5.41) is 8.47. The van der Waals surface area contributed by atoms with Crippen molar-refractivity contribution in [3.63, 3.8) is 0 Å². The molecule has 2 aromatic carbocycles. The van der Waals surface area contributed by atoms with Gasteiger partial charge in [-0.2, -0.15) is 13.2 Å². The minimum absolute atomic E-state index is 0.298. The highest BCUT2D eigenvalue weighted by molar-refractivity contribution is 9.10. The van der Waals surface area contributed by atoms with Crippen LogP contribution in [-0.2, 0) is 12.7 Å². The van der Waals surface area contributed by atoms with E-state index in [9.17, 15) is 18.0 Å². The number of carbonyl (C=O) groups excluding carboxylic acids is 1. The molecule has 0 spiro atoms. The summed E-state index contributed by atoms with van der Waals surface area (Å²) < 4.78 is 44.1. The average molecular weight is 474 g/mol. The van der Waals surface area contributed by atoms with Crippen molar-refractivity contribution in [2.24, 2.45) is 0 Å². The van der Waals surface area contributed by atoms with Gasteiger partial charge < -0.3 is 20.7 Å². The molecular formula is C20H23BrF3N3O2. The number of urea groups is 1. The Morgan fingerprint density at radius 1 is 1.10 bits per heavy atom. The number of nitrogens with one attached hydrogen (secondary N) is 3. The van der Waals surface area contributed by atoms with Crippen LogP contribution < -0.4 is 20.7 Å². The van der Waals surface area contributed by atoms with Crippen molar-refractivity contribution in [1.29, 1.82) is 0 Å². The van der Waals surface area contributed by atoms with Crippen LogP contribution in [0.2, 0.25) is 0 Å². The van der Waals surface area contributed by atoms with Gasteiger partial charge in [0.05, 0.1) is 12.2 Å². The standard InChI is InChI=1S/C20H23BrF3N3O2/c1-2-29-18-9-6-16(21)12-14(18)13-25-10-3-11-26-19(28)27-17-7-4-15(5-8-17)20(22,23)24/h4-9,12,25H,2-3,10-11,13H2,1H3,(H2,26,27,28). The van der Waals surface area contributed by atoms with Crippen LogP contribution in [0.4, 0.5) is 23.7 Å². The van der Waals surface area contributed by atoms with Crippen LogP contribution in [0, 0.1) is 0 Å². The molecule has 0 bridgehead atoms. The zero-order chi connectivity index (χ0) is 21.3. The molecule has 0 unspecified atom stereocenters. The summed E-state index contributed by atoms with van der Waals surface area (Å²) in [5.74, 6) is 0.831. The Bertz CT molecular complexity index is 799. The lowest BCUT2D eigenvalue weighted by molar-refractivity contribution is -0.137. The summed E-state index contributed by atoms with van der Waals surface area (Å²) in [6.45, 7) is 4.26. The van der Waals surface area contributed by atoms with Gasteiger partial charge in [-0.25, -0.2) is 4.79 Å². The summed E-state index contributed by atoms with van der Waals surface area (Å²) in [5.41, 5.74) is 0.577. The van der Waals surface area contributed by atoms with E-state index in [2.05, 4.69) is 31.9 Å². The van der Waals surface area contributed by atoms with Crippen LogP contribution in [0.5, 0.6) is 5.75 Å². The number of halogens is 4. The normalized spacial score (nSPS) is 11.2. The Morgan fingerprint density at radius 3 is 2.48 bits per heavy atom. The number of benzene rings is 2. The van der Waals surface area contributed by atoms with Crippen molar-refractivity contribution in [3.8, 4) is 5.75 Å². The predicted molar refractivity (Wildman–Crippen MR) is 110 cm³/mol. The number of carbonyl (C=O) groups is 1. The summed E-state index contributed by atoms with van der Waals surface area (Å²) in [6, 6.07) is 9.67. The largest absolute Gasteiger partial charge is 0.494 e. The summed E-state index contributed by atoms with van der Waals surface area (Å²) in [4.78, 5) is 11.8. The molecule has 9 heteroatoms. The lowest BCUT2D eigenvalue weighted by Crippen LogP contribution is -2.31. The van der Waals surface area contributed by atoms with Gasteiger partial charge in [-0.15, -0.1) is 0 Å². The van der Waals surface area contributed by atoms with Crippen LogP contribution in [0.15, 0.2) is 46.9 Å². The first-order valence-corrected chi connectivity index (χ1v) is 9.93. The molecular weight excluding hydrogens is 451 g/mol. The van der Waals surface area contributed by atoms with Crippen molar-refractivity contribution < 1.29 is 22.7 Å². The molecule has 2 rings (SSSR count). The Hall–Kier alpha value is -2.26. The number of hydrogen-bond acceptors (Lipinski definition) is 3. The number of hydrogen-bond donors (Lipinski definition) is 3. The van der Waals surface area contributed by atoms with Gasteiger partial charge in [0.25, 0.3) is 0 Å². The second-order valence-corrected chi connectivity index (χ2v) is 7.09. The fourth-order valence-electron chi connectivity index (χ4n) is 2.54. The third kappa shape index (κ3) is 7.94. The van der Waals surface area contributed by atoms with Crippen LogP contribution in [0.1, 0.15) is 24.5 Å². The van der Waals surface area contributed by atoms with E-state index in [1.165, 1.54) is 12.1 Å². The van der Waals surface area contributed by atoms with Gasteiger partial charge in [0.2, 0.25) is 0 Å². The highest BCUT2D eigenvalue weighted by Gasteiger charge is 2.29. The predicted octanol–water partition coefficient (Wildman–Crippen LogP) is 5.17. The lowest BCUT2D eigenvalue weighted by atomic mass is 10.2. The second-order valence-electron chi connectivity index (χ2n) is 6.17. The van der Waals surface area contributed by atoms with E-state index >= 15 is 0 Å². The molecule has 2 amide bonds. The Labute approximate surface area is 176 Å². The molecule has 0 radical (unpaired) electrons. The molecule has 29 heavy (non-hydrogen) atoms.